The summed E-state index contributed by atoms with van der Waals surface area (Å²) in [5.41, 5.74) is 3.08. The van der Waals surface area contributed by atoms with Crippen LogP contribution in [0.3, 0.4) is 0 Å². The van der Waals surface area contributed by atoms with E-state index < -0.39 is 28.8 Å². The monoisotopic (exact) mass is 474 g/mol. The van der Waals surface area contributed by atoms with Crippen LogP contribution in [-0.2, 0) is 10.0 Å². The van der Waals surface area contributed by atoms with Gasteiger partial charge in [0.2, 0.25) is 10.0 Å². The number of H-pyrrole nitrogens is 1. The lowest BCUT2D eigenvalue weighted by molar-refractivity contribution is -0.165. The summed E-state index contributed by atoms with van der Waals surface area (Å²) < 4.78 is 65.8. The molecule has 33 heavy (non-hydrogen) atoms. The molecule has 1 aliphatic carbocycles. The molecule has 4 rings (SSSR count). The Morgan fingerprint density at radius 3 is 2.61 bits per heavy atom. The third-order valence-electron chi connectivity index (χ3n) is 5.80. The van der Waals surface area contributed by atoms with E-state index in [0.717, 1.165) is 42.9 Å². The van der Waals surface area contributed by atoms with E-state index in [4.69, 9.17) is 0 Å². The lowest BCUT2D eigenvalue weighted by atomic mass is 10.1. The number of nitrogens with one attached hydrogen (secondary N) is 1. The molecule has 0 bridgehead atoms. The lowest BCUT2D eigenvalue weighted by Gasteiger charge is -2.28. The second-order valence-corrected chi connectivity index (χ2v) is 9.92. The van der Waals surface area contributed by atoms with Crippen molar-refractivity contribution in [2.24, 2.45) is 0 Å². The minimum atomic E-state index is -4.74. The summed E-state index contributed by atoms with van der Waals surface area (Å²) in [6.07, 6.45) is -0.364. The molecule has 6 nitrogen and oxygen atoms in total. The number of benzene rings is 1. The van der Waals surface area contributed by atoms with E-state index in [0.29, 0.717) is 27.2 Å². The molecule has 0 radical (unpaired) electrons. The van der Waals surface area contributed by atoms with Crippen LogP contribution >= 0.6 is 0 Å². The summed E-state index contributed by atoms with van der Waals surface area (Å²) in [4.78, 5) is 6.96. The van der Waals surface area contributed by atoms with Crippen LogP contribution in [0, 0.1) is 11.3 Å². The highest BCUT2D eigenvalue weighted by Gasteiger charge is 2.44. The van der Waals surface area contributed by atoms with Crippen molar-refractivity contribution < 1.29 is 21.6 Å². The number of aromatic nitrogens is 2. The van der Waals surface area contributed by atoms with Gasteiger partial charge >= 0.3 is 6.18 Å². The molecule has 1 atom stereocenters. The van der Waals surface area contributed by atoms with Crippen molar-refractivity contribution in [2.45, 2.75) is 42.8 Å². The smallest absolute Gasteiger partial charge is 0.352 e. The van der Waals surface area contributed by atoms with Crippen LogP contribution in [0.4, 0.5) is 13.2 Å². The molecule has 0 aliphatic heterocycles. The molecular formula is C23H21F3N4O2S. The molecule has 3 aromatic rings. The number of nitrogens with zero attached hydrogens (tertiary/aromatic N) is 3. The first-order valence-corrected chi connectivity index (χ1v) is 11.7. The number of fused-ring (bicyclic) bond motifs is 1. The van der Waals surface area contributed by atoms with E-state index in [1.165, 1.54) is 17.7 Å². The van der Waals surface area contributed by atoms with Gasteiger partial charge < -0.3 is 4.98 Å². The van der Waals surface area contributed by atoms with Gasteiger partial charge in [0.15, 0.2) is 0 Å². The molecule has 1 fully saturated rings. The molecular weight excluding hydrogens is 453 g/mol. The maximum absolute atomic E-state index is 13.2. The van der Waals surface area contributed by atoms with Gasteiger partial charge in [-0.25, -0.2) is 8.42 Å². The fourth-order valence-corrected chi connectivity index (χ4v) is 5.30. The molecule has 172 valence electrons. The zero-order valence-corrected chi connectivity index (χ0v) is 18.5. The minimum Gasteiger partial charge on any atom is -0.352 e. The number of aromatic amines is 1. The Kier molecular flexibility index (Phi) is 5.80. The predicted molar refractivity (Wildman–Crippen MR) is 118 cm³/mol. The summed E-state index contributed by atoms with van der Waals surface area (Å²) >= 11 is 0. The minimum absolute atomic E-state index is 0.314. The van der Waals surface area contributed by atoms with Gasteiger partial charge in [-0.05, 0) is 49.4 Å². The van der Waals surface area contributed by atoms with E-state index >= 15 is 0 Å². The van der Waals surface area contributed by atoms with Gasteiger partial charge in [0.1, 0.15) is 17.0 Å². The number of alkyl halides is 3. The van der Waals surface area contributed by atoms with Crippen LogP contribution in [-0.4, -0.2) is 41.5 Å². The Balaban J connectivity index is 1.71. The first-order chi connectivity index (χ1) is 15.6. The third kappa shape index (κ3) is 4.26. The Hall–Kier alpha value is -3.16. The van der Waals surface area contributed by atoms with E-state index in [1.54, 1.807) is 0 Å². The Labute approximate surface area is 189 Å². The molecule has 1 saturated carbocycles. The number of pyridine rings is 1. The molecule has 0 spiro atoms. The standard InChI is InChI=1S/C23H21F3N4O2S/c1-3-10-30(14(2)23(24,25)26)33(31,32)17-7-9-20(28-13-17)22-19(12-27)18-8-6-16(15-4-5-15)11-21(18)29-22/h3,6-9,11,13-15,29H,1,4-5,10H2,2H3/t14-/m0/s1. The number of rotatable bonds is 7. The highest BCUT2D eigenvalue weighted by Crippen LogP contribution is 2.41. The van der Waals surface area contributed by atoms with Crippen LogP contribution in [0.15, 0.2) is 54.1 Å². The topological polar surface area (TPSA) is 89.9 Å². The molecule has 10 heteroatoms. The highest BCUT2D eigenvalue weighted by molar-refractivity contribution is 7.89. The van der Waals surface area contributed by atoms with Crippen molar-refractivity contribution in [2.75, 3.05) is 6.54 Å². The second-order valence-electron chi connectivity index (χ2n) is 8.03. The Bertz CT molecular complexity index is 1350. The number of nitriles is 1. The molecule has 0 amide bonds. The maximum atomic E-state index is 13.2. The maximum Gasteiger partial charge on any atom is 0.404 e. The molecule has 2 heterocycles. The fourth-order valence-electron chi connectivity index (χ4n) is 3.77. The normalized spacial score (nSPS) is 15.5. The zero-order chi connectivity index (χ0) is 24.0. The molecule has 0 saturated heterocycles. The number of hydrogen-bond acceptors (Lipinski definition) is 4. The molecule has 1 aliphatic rings. The van der Waals surface area contributed by atoms with E-state index in [9.17, 15) is 26.9 Å². The van der Waals surface area contributed by atoms with Gasteiger partial charge in [0.25, 0.3) is 0 Å². The Morgan fingerprint density at radius 2 is 2.06 bits per heavy atom. The summed E-state index contributed by atoms with van der Waals surface area (Å²) in [6, 6.07) is 8.38. The van der Waals surface area contributed by atoms with Gasteiger partial charge in [-0.15, -0.1) is 6.58 Å². The quantitative estimate of drug-likeness (QED) is 0.482. The van der Waals surface area contributed by atoms with Crippen LogP contribution in [0.25, 0.3) is 22.3 Å². The summed E-state index contributed by atoms with van der Waals surface area (Å²) in [6.45, 7) is 3.64. The van der Waals surface area contributed by atoms with Crippen LogP contribution in [0.2, 0.25) is 0 Å². The summed E-state index contributed by atoms with van der Waals surface area (Å²) in [5, 5.41) is 10.4. The van der Waals surface area contributed by atoms with Gasteiger partial charge in [0, 0.05) is 23.6 Å². The molecule has 0 unspecified atom stereocenters. The van der Waals surface area contributed by atoms with Crippen LogP contribution in [0.5, 0.6) is 0 Å². The van der Waals surface area contributed by atoms with Gasteiger partial charge in [-0.1, -0.05) is 18.2 Å². The number of sulfonamides is 1. The summed E-state index contributed by atoms with van der Waals surface area (Å²) in [7, 11) is -4.49. The van der Waals surface area contributed by atoms with Gasteiger partial charge in [0.05, 0.1) is 17.0 Å². The first kappa shape index (κ1) is 23.0. The second kappa shape index (κ2) is 8.32. The lowest BCUT2D eigenvalue weighted by Crippen LogP contribution is -2.46. The highest BCUT2D eigenvalue weighted by atomic mass is 32.2. The van der Waals surface area contributed by atoms with Gasteiger partial charge in [-0.2, -0.15) is 22.7 Å². The van der Waals surface area contributed by atoms with Crippen molar-refractivity contribution in [3.8, 4) is 17.5 Å². The molecule has 2 aromatic heterocycles. The molecule has 1 aromatic carbocycles. The van der Waals surface area contributed by atoms with Crippen molar-refractivity contribution in [1.82, 2.24) is 14.3 Å². The van der Waals surface area contributed by atoms with Crippen LogP contribution in [0.1, 0.15) is 36.8 Å². The first-order valence-electron chi connectivity index (χ1n) is 10.3. The van der Waals surface area contributed by atoms with Crippen LogP contribution < -0.4 is 0 Å². The third-order valence-corrected chi connectivity index (χ3v) is 7.72. The average molecular weight is 475 g/mol. The van der Waals surface area contributed by atoms with E-state index in [-0.39, 0.29) is 4.90 Å². The van der Waals surface area contributed by atoms with Crippen molar-refractivity contribution >= 4 is 20.9 Å². The largest absolute Gasteiger partial charge is 0.404 e. The average Bonchev–Trinajstić information content (AvgIpc) is 3.56. The summed E-state index contributed by atoms with van der Waals surface area (Å²) in [5.74, 6) is 0.534. The van der Waals surface area contributed by atoms with E-state index in [2.05, 4.69) is 22.6 Å². The molecule has 1 N–H and O–H groups in total. The number of hydrogen-bond donors (Lipinski definition) is 1. The van der Waals surface area contributed by atoms with E-state index in [1.807, 2.05) is 18.2 Å². The Morgan fingerprint density at radius 1 is 1.33 bits per heavy atom. The predicted octanol–water partition coefficient (Wildman–Crippen LogP) is 5.11. The van der Waals surface area contributed by atoms with Crippen molar-refractivity contribution in [1.29, 1.82) is 5.26 Å². The van der Waals surface area contributed by atoms with Crippen molar-refractivity contribution in [3.63, 3.8) is 0 Å². The number of halogens is 3. The van der Waals surface area contributed by atoms with Crippen molar-refractivity contribution in [3.05, 3.63) is 60.3 Å². The SMILES string of the molecule is C=CCN([C@@H](C)C(F)(F)F)S(=O)(=O)c1ccc(-c2[nH]c3cc(C4CC4)ccc3c2C#N)nc1. The van der Waals surface area contributed by atoms with Gasteiger partial charge in [-0.3, -0.25) is 4.98 Å². The zero-order valence-electron chi connectivity index (χ0n) is 17.7. The fraction of sp³-hybridized carbons (Fsp3) is 0.304.